The molecule has 0 aromatic heterocycles. The highest BCUT2D eigenvalue weighted by molar-refractivity contribution is 6.42. The molecule has 144 valence electrons. The molecule has 2 heterocycles. The van der Waals surface area contributed by atoms with Crippen molar-refractivity contribution in [3.8, 4) is 0 Å². The van der Waals surface area contributed by atoms with Crippen LogP contribution in [0.25, 0.3) is 0 Å². The fourth-order valence-corrected chi connectivity index (χ4v) is 4.46. The summed E-state index contributed by atoms with van der Waals surface area (Å²) in [6.07, 6.45) is 0.339. The van der Waals surface area contributed by atoms with E-state index in [0.717, 1.165) is 31.7 Å². The molecule has 7 heteroatoms. The van der Waals surface area contributed by atoms with Crippen LogP contribution >= 0.6 is 23.2 Å². The van der Waals surface area contributed by atoms with Crippen molar-refractivity contribution >= 4 is 29.1 Å². The number of ether oxygens (including phenoxy) is 1. The van der Waals surface area contributed by atoms with Crippen molar-refractivity contribution in [3.05, 3.63) is 33.8 Å². The number of benzene rings is 1. The van der Waals surface area contributed by atoms with Gasteiger partial charge >= 0.3 is 0 Å². The lowest BCUT2D eigenvalue weighted by molar-refractivity contribution is -0.143. The van der Waals surface area contributed by atoms with E-state index in [-0.39, 0.29) is 24.0 Å². The summed E-state index contributed by atoms with van der Waals surface area (Å²) in [5.41, 5.74) is 0.894. The third-order valence-corrected chi connectivity index (χ3v) is 6.19. The van der Waals surface area contributed by atoms with E-state index in [2.05, 4.69) is 29.0 Å². The third-order valence-electron chi connectivity index (χ3n) is 5.45. The average molecular weight is 400 g/mol. The molecule has 3 atom stereocenters. The Morgan fingerprint density at radius 1 is 1.27 bits per heavy atom. The van der Waals surface area contributed by atoms with Gasteiger partial charge in [-0.3, -0.25) is 9.69 Å². The van der Waals surface area contributed by atoms with E-state index in [1.54, 1.807) is 12.1 Å². The van der Waals surface area contributed by atoms with Gasteiger partial charge in [-0.1, -0.05) is 43.1 Å². The summed E-state index contributed by atoms with van der Waals surface area (Å²) in [4.78, 5) is 17.6. The van der Waals surface area contributed by atoms with Crippen LogP contribution in [0.15, 0.2) is 18.2 Å². The lowest BCUT2D eigenvalue weighted by Crippen LogP contribution is -2.71. The Balaban J connectivity index is 1.79. The number of likely N-dealkylation sites (N-methyl/N-ethyl adjacent to an activating group) is 1. The molecule has 3 rings (SSSR count). The minimum atomic E-state index is 0.132. The van der Waals surface area contributed by atoms with Crippen molar-refractivity contribution in [2.24, 2.45) is 0 Å². The number of nitrogens with one attached hydrogen (secondary N) is 1. The van der Waals surface area contributed by atoms with Crippen LogP contribution in [-0.2, 0) is 16.0 Å². The van der Waals surface area contributed by atoms with E-state index in [1.807, 2.05) is 6.07 Å². The molecule has 0 spiro atoms. The van der Waals surface area contributed by atoms with Crippen LogP contribution in [0.1, 0.15) is 19.4 Å². The van der Waals surface area contributed by atoms with Gasteiger partial charge in [-0.05, 0) is 30.8 Å². The van der Waals surface area contributed by atoms with Crippen molar-refractivity contribution in [3.63, 3.8) is 0 Å². The molecule has 0 unspecified atom stereocenters. The van der Waals surface area contributed by atoms with Crippen LogP contribution in [0.4, 0.5) is 0 Å². The lowest BCUT2D eigenvalue weighted by atomic mass is 9.92. The summed E-state index contributed by atoms with van der Waals surface area (Å²) in [6.45, 7) is 9.05. The molecule has 2 saturated heterocycles. The fraction of sp³-hybridized carbons (Fsp3) is 0.632. The highest BCUT2D eigenvalue weighted by atomic mass is 35.5. The molecule has 1 aromatic carbocycles. The second kappa shape index (κ2) is 8.89. The van der Waals surface area contributed by atoms with Crippen LogP contribution in [0.2, 0.25) is 10.0 Å². The van der Waals surface area contributed by atoms with E-state index < -0.39 is 0 Å². The number of amides is 1. The van der Waals surface area contributed by atoms with Gasteiger partial charge in [0.15, 0.2) is 0 Å². The summed E-state index contributed by atoms with van der Waals surface area (Å²) < 4.78 is 5.84. The molecule has 26 heavy (non-hydrogen) atoms. The minimum Gasteiger partial charge on any atom is -0.378 e. The van der Waals surface area contributed by atoms with Gasteiger partial charge in [0.25, 0.3) is 0 Å². The number of fused-ring (bicyclic) bond motifs is 1. The Kier molecular flexibility index (Phi) is 6.81. The SMILES string of the molecule is CCN(CC)[C@H]1COC[C@H]2NCCN(C(=O)Cc3ccc(Cl)c(Cl)c3)[C@@H]21. The van der Waals surface area contributed by atoms with Gasteiger partial charge in [0.2, 0.25) is 5.91 Å². The number of rotatable bonds is 5. The van der Waals surface area contributed by atoms with Gasteiger partial charge in [0.05, 0.1) is 47.8 Å². The van der Waals surface area contributed by atoms with Crippen molar-refractivity contribution in [1.29, 1.82) is 0 Å². The molecular formula is C19H27Cl2N3O2. The van der Waals surface area contributed by atoms with Gasteiger partial charge in [-0.25, -0.2) is 0 Å². The van der Waals surface area contributed by atoms with Crippen molar-refractivity contribution < 1.29 is 9.53 Å². The first kappa shape index (κ1) is 19.9. The van der Waals surface area contributed by atoms with Gasteiger partial charge < -0.3 is 15.0 Å². The predicted molar refractivity (Wildman–Crippen MR) is 105 cm³/mol. The van der Waals surface area contributed by atoms with E-state index in [9.17, 15) is 4.79 Å². The van der Waals surface area contributed by atoms with E-state index in [1.165, 1.54) is 0 Å². The van der Waals surface area contributed by atoms with Crippen LogP contribution in [0.5, 0.6) is 0 Å². The first-order valence-electron chi connectivity index (χ1n) is 9.33. The second-order valence-electron chi connectivity index (χ2n) is 6.89. The normalized spacial score (nSPS) is 26.0. The zero-order chi connectivity index (χ0) is 18.7. The summed E-state index contributed by atoms with van der Waals surface area (Å²) in [6, 6.07) is 5.94. The molecule has 0 radical (unpaired) electrons. The van der Waals surface area contributed by atoms with Gasteiger partial charge in [0, 0.05) is 13.1 Å². The van der Waals surface area contributed by atoms with Crippen LogP contribution < -0.4 is 5.32 Å². The maximum absolute atomic E-state index is 13.1. The fourth-order valence-electron chi connectivity index (χ4n) is 4.14. The average Bonchev–Trinajstić information content (AvgIpc) is 2.65. The maximum Gasteiger partial charge on any atom is 0.227 e. The van der Waals surface area contributed by atoms with Crippen LogP contribution in [0.3, 0.4) is 0 Å². The van der Waals surface area contributed by atoms with Crippen LogP contribution in [-0.4, -0.2) is 73.2 Å². The smallest absolute Gasteiger partial charge is 0.227 e. The molecule has 5 nitrogen and oxygen atoms in total. The second-order valence-corrected chi connectivity index (χ2v) is 7.70. The maximum atomic E-state index is 13.1. The van der Waals surface area contributed by atoms with Gasteiger partial charge in [-0.2, -0.15) is 0 Å². The molecular weight excluding hydrogens is 373 g/mol. The molecule has 2 aliphatic rings. The standard InChI is InChI=1S/C19H27Cl2N3O2/c1-3-23(4-2)17-12-26-11-16-19(17)24(8-7-22-16)18(25)10-13-5-6-14(20)15(21)9-13/h5-6,9,16-17,19,22H,3-4,7-8,10-12H2,1-2H3/t16-,17+,19+/m1/s1. The molecule has 1 aromatic rings. The van der Waals surface area contributed by atoms with Crippen molar-refractivity contribution in [2.45, 2.75) is 38.4 Å². The van der Waals surface area contributed by atoms with Crippen molar-refractivity contribution in [2.75, 3.05) is 39.4 Å². The topological polar surface area (TPSA) is 44.8 Å². The van der Waals surface area contributed by atoms with Gasteiger partial charge in [-0.15, -0.1) is 0 Å². The first-order valence-corrected chi connectivity index (χ1v) is 10.1. The molecule has 2 fully saturated rings. The number of carbonyl (C=O) groups excluding carboxylic acids is 1. The number of halogens is 2. The largest absolute Gasteiger partial charge is 0.378 e. The number of carbonyl (C=O) groups is 1. The zero-order valence-electron chi connectivity index (χ0n) is 15.4. The highest BCUT2D eigenvalue weighted by Gasteiger charge is 2.43. The van der Waals surface area contributed by atoms with E-state index >= 15 is 0 Å². The summed E-state index contributed by atoms with van der Waals surface area (Å²) in [5, 5.41) is 4.53. The molecule has 0 saturated carbocycles. The van der Waals surface area contributed by atoms with Crippen molar-refractivity contribution in [1.82, 2.24) is 15.1 Å². The molecule has 2 aliphatic heterocycles. The number of piperazine rings is 1. The molecule has 0 bridgehead atoms. The van der Waals surface area contributed by atoms with Crippen LogP contribution in [0, 0.1) is 0 Å². The Bertz CT molecular complexity index is 637. The minimum absolute atomic E-state index is 0.132. The Morgan fingerprint density at radius 3 is 2.73 bits per heavy atom. The highest BCUT2D eigenvalue weighted by Crippen LogP contribution is 2.26. The third kappa shape index (κ3) is 4.18. The zero-order valence-corrected chi connectivity index (χ0v) is 16.9. The first-order chi connectivity index (χ1) is 12.5. The quantitative estimate of drug-likeness (QED) is 0.825. The number of hydrogen-bond acceptors (Lipinski definition) is 4. The summed E-state index contributed by atoms with van der Waals surface area (Å²) in [5.74, 6) is 0.138. The monoisotopic (exact) mass is 399 g/mol. The van der Waals surface area contributed by atoms with E-state index in [0.29, 0.717) is 29.7 Å². The molecule has 1 N–H and O–H groups in total. The predicted octanol–water partition coefficient (Wildman–Crippen LogP) is 2.45. The summed E-state index contributed by atoms with van der Waals surface area (Å²) in [7, 11) is 0. The Labute approximate surface area is 165 Å². The van der Waals surface area contributed by atoms with E-state index in [4.69, 9.17) is 27.9 Å². The number of nitrogens with zero attached hydrogens (tertiary/aromatic N) is 2. The van der Waals surface area contributed by atoms with Gasteiger partial charge in [0.1, 0.15) is 0 Å². The Morgan fingerprint density at radius 2 is 2.04 bits per heavy atom. The molecule has 0 aliphatic carbocycles. The lowest BCUT2D eigenvalue weighted by Gasteiger charge is -2.51. The molecule has 1 amide bonds. The summed E-state index contributed by atoms with van der Waals surface area (Å²) >= 11 is 12.1. The number of hydrogen-bond donors (Lipinski definition) is 1. The Hall–Kier alpha value is -0.850.